The van der Waals surface area contributed by atoms with E-state index in [2.05, 4.69) is 42.3 Å². The number of amidine groups is 1. The minimum atomic E-state index is -0.182. The molecule has 27 heavy (non-hydrogen) atoms. The normalized spacial score (nSPS) is 18.3. The highest BCUT2D eigenvalue weighted by Gasteiger charge is 2.50. The number of para-hydroxylation sites is 1. The highest BCUT2D eigenvalue weighted by Crippen LogP contribution is 2.44. The number of hydrogen-bond donors (Lipinski definition) is 1. The minimum absolute atomic E-state index is 0.182. The predicted octanol–water partition coefficient (Wildman–Crippen LogP) is 6.14. The van der Waals surface area contributed by atoms with Crippen molar-refractivity contribution in [1.29, 1.82) is 0 Å². The summed E-state index contributed by atoms with van der Waals surface area (Å²) in [5.74, 6) is 0.990. The first kappa shape index (κ1) is 18.5. The first-order chi connectivity index (χ1) is 13.0. The van der Waals surface area contributed by atoms with Crippen LogP contribution in [0.1, 0.15) is 43.7 Å². The maximum absolute atomic E-state index is 6.10. The number of thiocarbonyl (C=S) groups is 1. The van der Waals surface area contributed by atoms with E-state index in [1.165, 1.54) is 29.7 Å². The molecular formula is C22H24ClN3S. The summed E-state index contributed by atoms with van der Waals surface area (Å²) >= 11 is 11.8. The molecule has 1 N–H and O–H groups in total. The summed E-state index contributed by atoms with van der Waals surface area (Å²) in [5.41, 5.74) is 4.60. The van der Waals surface area contributed by atoms with E-state index in [9.17, 15) is 0 Å². The Morgan fingerprint density at radius 3 is 2.52 bits per heavy atom. The topological polar surface area (TPSA) is 27.6 Å². The standard InChI is InChI=1S/C22H24ClN3S/c1-3-16-8-6-7-15(2)19(16)24-20-22(13-4-5-14-22)26(21(27)25-20)18-11-9-17(23)10-12-18/h6-12H,3-5,13-14H2,1-2H3,(H,24,25,27). The van der Waals surface area contributed by atoms with E-state index in [0.29, 0.717) is 5.11 Å². The summed E-state index contributed by atoms with van der Waals surface area (Å²) in [6.07, 6.45) is 5.45. The maximum atomic E-state index is 6.10. The van der Waals surface area contributed by atoms with Crippen molar-refractivity contribution in [3.8, 4) is 0 Å². The Kier molecular flexibility index (Phi) is 4.95. The van der Waals surface area contributed by atoms with Crippen molar-refractivity contribution in [3.05, 3.63) is 58.6 Å². The lowest BCUT2D eigenvalue weighted by atomic mass is 9.93. The number of benzene rings is 2. The molecule has 5 heteroatoms. The van der Waals surface area contributed by atoms with Crippen LogP contribution in [0.5, 0.6) is 0 Å². The zero-order valence-electron chi connectivity index (χ0n) is 15.8. The number of halogens is 1. The molecule has 4 rings (SSSR count). The predicted molar refractivity (Wildman–Crippen MR) is 119 cm³/mol. The molecular weight excluding hydrogens is 374 g/mol. The van der Waals surface area contributed by atoms with Gasteiger partial charge < -0.3 is 10.2 Å². The maximum Gasteiger partial charge on any atom is 0.202 e. The molecule has 0 atom stereocenters. The third kappa shape index (κ3) is 3.15. The molecule has 1 aliphatic heterocycles. The number of rotatable bonds is 3. The summed E-state index contributed by atoms with van der Waals surface area (Å²) in [7, 11) is 0. The Morgan fingerprint density at radius 1 is 1.15 bits per heavy atom. The van der Waals surface area contributed by atoms with Gasteiger partial charge in [0.25, 0.3) is 0 Å². The quantitative estimate of drug-likeness (QED) is 0.630. The molecule has 1 spiro atoms. The monoisotopic (exact) mass is 397 g/mol. The molecule has 0 unspecified atom stereocenters. The van der Waals surface area contributed by atoms with Crippen molar-refractivity contribution in [3.63, 3.8) is 0 Å². The van der Waals surface area contributed by atoms with Crippen molar-refractivity contribution >= 4 is 46.1 Å². The molecule has 0 amide bonds. The molecule has 140 valence electrons. The molecule has 2 aromatic rings. The fourth-order valence-corrected chi connectivity index (χ4v) is 4.87. The van der Waals surface area contributed by atoms with Gasteiger partial charge in [0.15, 0.2) is 0 Å². The molecule has 0 saturated heterocycles. The molecule has 1 fully saturated rings. The van der Waals surface area contributed by atoms with Crippen LogP contribution in [-0.4, -0.2) is 16.5 Å². The number of nitrogens with zero attached hydrogens (tertiary/aromatic N) is 2. The van der Waals surface area contributed by atoms with E-state index in [1.807, 2.05) is 24.3 Å². The molecule has 3 nitrogen and oxygen atoms in total. The summed E-state index contributed by atoms with van der Waals surface area (Å²) in [4.78, 5) is 7.08. The van der Waals surface area contributed by atoms with Gasteiger partial charge in [-0.05, 0) is 73.8 Å². The van der Waals surface area contributed by atoms with Crippen LogP contribution in [0.25, 0.3) is 0 Å². The van der Waals surface area contributed by atoms with Crippen LogP contribution in [0.4, 0.5) is 11.4 Å². The van der Waals surface area contributed by atoms with Gasteiger partial charge in [-0.25, -0.2) is 4.99 Å². The zero-order chi connectivity index (χ0) is 19.0. The Hall–Kier alpha value is -1.91. The van der Waals surface area contributed by atoms with Crippen LogP contribution in [0.3, 0.4) is 0 Å². The molecule has 0 bridgehead atoms. The van der Waals surface area contributed by atoms with Crippen molar-refractivity contribution in [2.45, 2.75) is 51.5 Å². The summed E-state index contributed by atoms with van der Waals surface area (Å²) in [6.45, 7) is 4.33. The van der Waals surface area contributed by atoms with Gasteiger partial charge in [0.2, 0.25) is 5.11 Å². The summed E-state index contributed by atoms with van der Waals surface area (Å²) in [6, 6.07) is 14.4. The number of nitrogens with one attached hydrogen (secondary N) is 1. The van der Waals surface area contributed by atoms with Crippen LogP contribution >= 0.6 is 23.8 Å². The summed E-state index contributed by atoms with van der Waals surface area (Å²) < 4.78 is 0. The molecule has 0 radical (unpaired) electrons. The average Bonchev–Trinajstić information content (AvgIpc) is 3.24. The van der Waals surface area contributed by atoms with E-state index in [4.69, 9.17) is 28.8 Å². The molecule has 1 heterocycles. The van der Waals surface area contributed by atoms with E-state index in [1.54, 1.807) is 0 Å². The zero-order valence-corrected chi connectivity index (χ0v) is 17.3. The third-order valence-corrected chi connectivity index (χ3v) is 6.29. The first-order valence-corrected chi connectivity index (χ1v) is 10.4. The highest BCUT2D eigenvalue weighted by atomic mass is 35.5. The lowest BCUT2D eigenvalue weighted by Crippen LogP contribution is -2.52. The van der Waals surface area contributed by atoms with Gasteiger partial charge in [0, 0.05) is 16.4 Å². The van der Waals surface area contributed by atoms with Gasteiger partial charge in [-0.1, -0.05) is 49.6 Å². The van der Waals surface area contributed by atoms with Crippen LogP contribution in [0.15, 0.2) is 47.5 Å². The number of anilines is 2. The molecule has 1 saturated carbocycles. The van der Waals surface area contributed by atoms with Gasteiger partial charge in [-0.3, -0.25) is 0 Å². The number of hydrogen-bond acceptors (Lipinski definition) is 2. The van der Waals surface area contributed by atoms with Crippen molar-refractivity contribution < 1.29 is 0 Å². The Balaban J connectivity index is 1.75. The van der Waals surface area contributed by atoms with Gasteiger partial charge in [0.05, 0.1) is 0 Å². The van der Waals surface area contributed by atoms with Crippen LogP contribution in [0.2, 0.25) is 5.02 Å². The van der Waals surface area contributed by atoms with Crippen LogP contribution in [0, 0.1) is 6.92 Å². The number of aliphatic imine (C=N–C) groups is 1. The van der Waals surface area contributed by atoms with Crippen LogP contribution in [-0.2, 0) is 6.42 Å². The Labute approximate surface area is 171 Å². The van der Waals surface area contributed by atoms with E-state index in [-0.39, 0.29) is 5.54 Å². The first-order valence-electron chi connectivity index (χ1n) is 9.59. The van der Waals surface area contributed by atoms with Gasteiger partial charge in [-0.15, -0.1) is 0 Å². The lowest BCUT2D eigenvalue weighted by Gasteiger charge is -2.37. The molecule has 2 aliphatic rings. The average molecular weight is 398 g/mol. The molecule has 2 aromatic carbocycles. The molecule has 1 aliphatic carbocycles. The Morgan fingerprint density at radius 2 is 1.85 bits per heavy atom. The van der Waals surface area contributed by atoms with Gasteiger partial charge in [0.1, 0.15) is 11.4 Å². The SMILES string of the molecule is CCc1cccc(C)c1NC1=NC(=S)N(c2ccc(Cl)cc2)C12CCCC2. The third-order valence-electron chi connectivity index (χ3n) is 5.77. The Bertz CT molecular complexity index is 898. The van der Waals surface area contributed by atoms with Crippen molar-refractivity contribution in [1.82, 2.24) is 0 Å². The van der Waals surface area contributed by atoms with Gasteiger partial charge in [-0.2, -0.15) is 0 Å². The molecule has 0 aromatic heterocycles. The second-order valence-electron chi connectivity index (χ2n) is 7.38. The largest absolute Gasteiger partial charge is 0.341 e. The second-order valence-corrected chi connectivity index (χ2v) is 8.18. The van der Waals surface area contributed by atoms with Crippen molar-refractivity contribution in [2.75, 3.05) is 10.2 Å². The summed E-state index contributed by atoms with van der Waals surface area (Å²) in [5, 5.41) is 5.06. The van der Waals surface area contributed by atoms with Crippen molar-refractivity contribution in [2.24, 2.45) is 4.99 Å². The minimum Gasteiger partial charge on any atom is -0.341 e. The van der Waals surface area contributed by atoms with Crippen LogP contribution < -0.4 is 10.2 Å². The fraction of sp³-hybridized carbons (Fsp3) is 0.364. The van der Waals surface area contributed by atoms with Gasteiger partial charge >= 0.3 is 0 Å². The van der Waals surface area contributed by atoms with E-state index >= 15 is 0 Å². The second kappa shape index (κ2) is 7.25. The fourth-order valence-electron chi connectivity index (χ4n) is 4.37. The van der Waals surface area contributed by atoms with E-state index < -0.39 is 0 Å². The smallest absolute Gasteiger partial charge is 0.202 e. The number of aryl methyl sites for hydroxylation is 2. The van der Waals surface area contributed by atoms with E-state index in [0.717, 1.165) is 35.8 Å². The lowest BCUT2D eigenvalue weighted by molar-refractivity contribution is 0.595. The highest BCUT2D eigenvalue weighted by molar-refractivity contribution is 7.80.